The van der Waals surface area contributed by atoms with Crippen LogP contribution in [0.4, 0.5) is 0 Å². The highest BCUT2D eigenvalue weighted by Crippen LogP contribution is 2.35. The molecule has 2 rings (SSSR count). The van der Waals surface area contributed by atoms with E-state index in [0.29, 0.717) is 13.2 Å². The van der Waals surface area contributed by atoms with E-state index in [1.54, 1.807) is 6.92 Å². The Morgan fingerprint density at radius 3 is 2.85 bits per heavy atom. The van der Waals surface area contributed by atoms with E-state index in [9.17, 15) is 4.79 Å². The summed E-state index contributed by atoms with van der Waals surface area (Å²) in [5, 5.41) is 0. The van der Waals surface area contributed by atoms with Gasteiger partial charge < -0.3 is 19.9 Å². The summed E-state index contributed by atoms with van der Waals surface area (Å²) >= 11 is 0. The topological polar surface area (TPSA) is 70.8 Å². The van der Waals surface area contributed by atoms with E-state index >= 15 is 0 Å². The number of benzene rings is 1. The summed E-state index contributed by atoms with van der Waals surface area (Å²) in [5.41, 5.74) is 8.25. The van der Waals surface area contributed by atoms with Crippen LogP contribution in [0.1, 0.15) is 31.1 Å². The maximum absolute atomic E-state index is 11.4. The molecular weight excluding hydrogens is 258 g/mol. The lowest BCUT2D eigenvalue weighted by molar-refractivity contribution is -0.150. The van der Waals surface area contributed by atoms with E-state index in [2.05, 4.69) is 0 Å². The molecule has 1 aliphatic carbocycles. The summed E-state index contributed by atoms with van der Waals surface area (Å²) in [6.45, 7) is 4.59. The highest BCUT2D eigenvalue weighted by molar-refractivity contribution is 5.70. The standard InChI is InChI=1S/C15H21NO4/c1-3-18-11-6-5-10-7-13(16)15(12(10)8-11)20-9-14(17)19-4-2/h5-6,8,13,15H,3-4,7,9,16H2,1-2H3. The predicted molar refractivity (Wildman–Crippen MR) is 74.6 cm³/mol. The van der Waals surface area contributed by atoms with Gasteiger partial charge >= 0.3 is 5.97 Å². The first kappa shape index (κ1) is 14.8. The van der Waals surface area contributed by atoms with Gasteiger partial charge in [0.1, 0.15) is 12.4 Å². The fraction of sp³-hybridized carbons (Fsp3) is 0.533. The smallest absolute Gasteiger partial charge is 0.332 e. The van der Waals surface area contributed by atoms with E-state index in [1.165, 1.54) is 0 Å². The Kier molecular flexibility index (Phi) is 4.98. The average molecular weight is 279 g/mol. The van der Waals surface area contributed by atoms with Crippen LogP contribution < -0.4 is 10.5 Å². The summed E-state index contributed by atoms with van der Waals surface area (Å²) in [6, 6.07) is 5.74. The van der Waals surface area contributed by atoms with Crippen molar-refractivity contribution in [3.05, 3.63) is 29.3 Å². The molecule has 0 bridgehead atoms. The van der Waals surface area contributed by atoms with Crippen molar-refractivity contribution in [3.8, 4) is 5.75 Å². The van der Waals surface area contributed by atoms with Crippen LogP contribution in [0.5, 0.6) is 5.75 Å². The van der Waals surface area contributed by atoms with Crippen molar-refractivity contribution in [3.63, 3.8) is 0 Å². The van der Waals surface area contributed by atoms with Gasteiger partial charge in [-0.1, -0.05) is 6.07 Å². The van der Waals surface area contributed by atoms with Gasteiger partial charge in [0.2, 0.25) is 0 Å². The number of esters is 1. The summed E-state index contributed by atoms with van der Waals surface area (Å²) in [7, 11) is 0. The highest BCUT2D eigenvalue weighted by Gasteiger charge is 2.31. The molecule has 5 nitrogen and oxygen atoms in total. The van der Waals surface area contributed by atoms with Crippen LogP contribution in [0.3, 0.4) is 0 Å². The van der Waals surface area contributed by atoms with Crippen LogP contribution in [-0.4, -0.2) is 31.8 Å². The molecular formula is C15H21NO4. The zero-order valence-corrected chi connectivity index (χ0v) is 11.9. The van der Waals surface area contributed by atoms with Gasteiger partial charge in [0.05, 0.1) is 19.3 Å². The fourth-order valence-corrected chi connectivity index (χ4v) is 2.45. The molecule has 1 aromatic rings. The van der Waals surface area contributed by atoms with E-state index in [-0.39, 0.29) is 24.7 Å². The Hall–Kier alpha value is -1.59. The highest BCUT2D eigenvalue weighted by atomic mass is 16.6. The second-order valence-electron chi connectivity index (χ2n) is 4.70. The van der Waals surface area contributed by atoms with E-state index in [1.807, 2.05) is 25.1 Å². The number of ether oxygens (including phenoxy) is 3. The van der Waals surface area contributed by atoms with Gasteiger partial charge in [-0.2, -0.15) is 0 Å². The Bertz CT molecular complexity index is 475. The number of fused-ring (bicyclic) bond motifs is 1. The lowest BCUT2D eigenvalue weighted by Gasteiger charge is -2.17. The number of carbonyl (C=O) groups is 1. The number of hydrogen-bond acceptors (Lipinski definition) is 5. The molecule has 0 radical (unpaired) electrons. The molecule has 2 N–H and O–H groups in total. The molecule has 20 heavy (non-hydrogen) atoms. The van der Waals surface area contributed by atoms with Crippen molar-refractivity contribution < 1.29 is 19.0 Å². The van der Waals surface area contributed by atoms with Crippen molar-refractivity contribution in [2.24, 2.45) is 5.73 Å². The van der Waals surface area contributed by atoms with E-state index in [0.717, 1.165) is 23.3 Å². The van der Waals surface area contributed by atoms with Crippen LogP contribution in [0.2, 0.25) is 0 Å². The number of hydrogen-bond donors (Lipinski definition) is 1. The normalized spacial score (nSPS) is 20.6. The quantitative estimate of drug-likeness (QED) is 0.801. The molecule has 0 aliphatic heterocycles. The van der Waals surface area contributed by atoms with Gasteiger partial charge in [-0.25, -0.2) is 4.79 Å². The Morgan fingerprint density at radius 1 is 1.35 bits per heavy atom. The SMILES string of the molecule is CCOC(=O)COC1c2cc(OCC)ccc2CC1N. The minimum Gasteiger partial charge on any atom is -0.494 e. The third-order valence-electron chi connectivity index (χ3n) is 3.27. The summed E-state index contributed by atoms with van der Waals surface area (Å²) < 4.78 is 16.0. The molecule has 0 amide bonds. The molecule has 0 spiro atoms. The molecule has 5 heteroatoms. The van der Waals surface area contributed by atoms with Gasteiger partial charge in [0, 0.05) is 6.04 Å². The van der Waals surface area contributed by atoms with E-state index in [4.69, 9.17) is 19.9 Å². The Balaban J connectivity index is 2.07. The molecule has 0 aromatic heterocycles. The maximum atomic E-state index is 11.4. The minimum atomic E-state index is -0.367. The molecule has 0 fully saturated rings. The van der Waals surface area contributed by atoms with Crippen LogP contribution in [-0.2, 0) is 20.7 Å². The Labute approximate surface area is 119 Å². The first-order valence-electron chi connectivity index (χ1n) is 6.94. The zero-order valence-electron chi connectivity index (χ0n) is 11.9. The molecule has 1 aromatic carbocycles. The summed E-state index contributed by atoms with van der Waals surface area (Å²) in [4.78, 5) is 11.4. The molecule has 0 saturated carbocycles. The van der Waals surface area contributed by atoms with Crippen molar-refractivity contribution in [1.82, 2.24) is 0 Å². The molecule has 110 valence electrons. The minimum absolute atomic E-state index is 0.0789. The van der Waals surface area contributed by atoms with Crippen LogP contribution in [0.25, 0.3) is 0 Å². The van der Waals surface area contributed by atoms with Crippen molar-refractivity contribution >= 4 is 5.97 Å². The van der Waals surface area contributed by atoms with Crippen molar-refractivity contribution in [2.75, 3.05) is 19.8 Å². The fourth-order valence-electron chi connectivity index (χ4n) is 2.45. The molecule has 1 aliphatic rings. The Morgan fingerprint density at radius 2 is 2.15 bits per heavy atom. The number of rotatable bonds is 6. The second-order valence-corrected chi connectivity index (χ2v) is 4.70. The average Bonchev–Trinajstić information content (AvgIpc) is 2.72. The van der Waals surface area contributed by atoms with Gasteiger partial charge in [-0.15, -0.1) is 0 Å². The van der Waals surface area contributed by atoms with Crippen LogP contribution in [0.15, 0.2) is 18.2 Å². The van der Waals surface area contributed by atoms with Crippen molar-refractivity contribution in [1.29, 1.82) is 0 Å². The first-order valence-corrected chi connectivity index (χ1v) is 6.94. The molecule has 2 atom stereocenters. The third-order valence-corrected chi connectivity index (χ3v) is 3.27. The maximum Gasteiger partial charge on any atom is 0.332 e. The predicted octanol–water partition coefficient (Wildman–Crippen LogP) is 1.59. The van der Waals surface area contributed by atoms with Crippen LogP contribution >= 0.6 is 0 Å². The van der Waals surface area contributed by atoms with Crippen molar-refractivity contribution in [2.45, 2.75) is 32.4 Å². The lowest BCUT2D eigenvalue weighted by Crippen LogP contribution is -2.28. The monoisotopic (exact) mass is 279 g/mol. The lowest BCUT2D eigenvalue weighted by atomic mass is 10.1. The third kappa shape index (κ3) is 3.29. The number of carbonyl (C=O) groups excluding carboxylic acids is 1. The largest absolute Gasteiger partial charge is 0.494 e. The summed E-state index contributed by atoms with van der Waals surface area (Å²) in [5.74, 6) is 0.430. The van der Waals surface area contributed by atoms with Gasteiger partial charge in [-0.3, -0.25) is 0 Å². The first-order chi connectivity index (χ1) is 9.65. The van der Waals surface area contributed by atoms with Gasteiger partial charge in [0.15, 0.2) is 0 Å². The molecule has 0 heterocycles. The molecule has 0 saturated heterocycles. The number of nitrogens with two attached hydrogens (primary N) is 1. The summed E-state index contributed by atoms with van der Waals surface area (Å²) in [6.07, 6.45) is 0.463. The van der Waals surface area contributed by atoms with Gasteiger partial charge in [-0.05, 0) is 43.5 Å². The van der Waals surface area contributed by atoms with Crippen LogP contribution in [0, 0.1) is 0 Å². The van der Waals surface area contributed by atoms with E-state index < -0.39 is 0 Å². The second kappa shape index (κ2) is 6.72. The van der Waals surface area contributed by atoms with Gasteiger partial charge in [0.25, 0.3) is 0 Å². The zero-order chi connectivity index (χ0) is 14.5. The molecule has 2 unspecified atom stereocenters.